The maximum absolute atomic E-state index is 2.57. The zero-order chi connectivity index (χ0) is 9.47. The van der Waals surface area contributed by atoms with Gasteiger partial charge in [0, 0.05) is 0 Å². The number of fused-ring (bicyclic) bond motifs is 2. The minimum absolute atomic E-state index is 0.721. The molecule has 0 spiro atoms. The molecule has 0 radical (unpaired) electrons. The van der Waals surface area contributed by atoms with Crippen molar-refractivity contribution in [3.63, 3.8) is 0 Å². The summed E-state index contributed by atoms with van der Waals surface area (Å²) in [5.74, 6) is 3.15. The Labute approximate surface area is 83.1 Å². The third-order valence-corrected chi connectivity index (χ3v) is 5.05. The normalized spacial score (nSPS) is 45.5. The van der Waals surface area contributed by atoms with Gasteiger partial charge in [0.2, 0.25) is 0 Å². The standard InChI is InChI=1S/C13H24/c1-4-5-10(2)13(3)9-11-6-7-12(13)8-11/h10-12H,4-9H2,1-3H3/t10?,11?,12?,13-/m1/s1. The summed E-state index contributed by atoms with van der Waals surface area (Å²) >= 11 is 0. The van der Waals surface area contributed by atoms with E-state index in [0.717, 1.165) is 23.2 Å². The van der Waals surface area contributed by atoms with Crippen molar-refractivity contribution in [2.24, 2.45) is 23.2 Å². The largest absolute Gasteiger partial charge is 0.0654 e. The zero-order valence-electron chi connectivity index (χ0n) is 9.47. The molecule has 2 bridgehead atoms. The molecule has 2 aliphatic rings. The molecule has 3 unspecified atom stereocenters. The molecule has 0 aliphatic heterocycles. The van der Waals surface area contributed by atoms with Crippen LogP contribution < -0.4 is 0 Å². The Hall–Kier alpha value is 0. The molecule has 2 rings (SSSR count). The Bertz CT molecular complexity index is 184. The van der Waals surface area contributed by atoms with Crippen molar-refractivity contribution in [3.05, 3.63) is 0 Å². The predicted octanol–water partition coefficient (Wildman–Crippen LogP) is 4.25. The van der Waals surface area contributed by atoms with Crippen LogP contribution in [0.3, 0.4) is 0 Å². The van der Waals surface area contributed by atoms with E-state index in [2.05, 4.69) is 20.8 Å². The molecule has 0 aromatic rings. The first-order chi connectivity index (χ1) is 6.16. The van der Waals surface area contributed by atoms with Crippen LogP contribution in [0.4, 0.5) is 0 Å². The lowest BCUT2D eigenvalue weighted by Crippen LogP contribution is -2.31. The van der Waals surface area contributed by atoms with E-state index >= 15 is 0 Å². The lowest BCUT2D eigenvalue weighted by atomic mass is 9.66. The Kier molecular flexibility index (Phi) is 2.42. The third-order valence-electron chi connectivity index (χ3n) is 5.05. The third kappa shape index (κ3) is 1.43. The van der Waals surface area contributed by atoms with Crippen LogP contribution in [-0.2, 0) is 0 Å². The van der Waals surface area contributed by atoms with E-state index < -0.39 is 0 Å². The van der Waals surface area contributed by atoms with Crippen molar-refractivity contribution >= 4 is 0 Å². The molecule has 76 valence electrons. The van der Waals surface area contributed by atoms with Crippen molar-refractivity contribution in [3.8, 4) is 0 Å². The monoisotopic (exact) mass is 180 g/mol. The van der Waals surface area contributed by atoms with E-state index in [0.29, 0.717) is 0 Å². The summed E-state index contributed by atoms with van der Waals surface area (Å²) in [6.07, 6.45) is 8.99. The Morgan fingerprint density at radius 2 is 2.15 bits per heavy atom. The fourth-order valence-electron chi connectivity index (χ4n) is 4.01. The second kappa shape index (κ2) is 3.29. The summed E-state index contributed by atoms with van der Waals surface area (Å²) in [4.78, 5) is 0. The van der Waals surface area contributed by atoms with Crippen LogP contribution >= 0.6 is 0 Å². The summed E-state index contributed by atoms with van der Waals surface area (Å²) in [6, 6.07) is 0. The molecule has 0 amide bonds. The van der Waals surface area contributed by atoms with Crippen molar-refractivity contribution in [2.75, 3.05) is 0 Å². The van der Waals surface area contributed by atoms with Gasteiger partial charge in [0.05, 0.1) is 0 Å². The molecule has 0 heteroatoms. The molecule has 0 saturated heterocycles. The maximum Gasteiger partial charge on any atom is -0.0269 e. The van der Waals surface area contributed by atoms with Gasteiger partial charge in [-0.15, -0.1) is 0 Å². The molecule has 4 atom stereocenters. The van der Waals surface area contributed by atoms with Crippen molar-refractivity contribution < 1.29 is 0 Å². The topological polar surface area (TPSA) is 0 Å². The Balaban J connectivity index is 2.04. The van der Waals surface area contributed by atoms with Gasteiger partial charge in [-0.2, -0.15) is 0 Å². The highest BCUT2D eigenvalue weighted by Gasteiger charge is 2.49. The smallest absolute Gasteiger partial charge is 0.0269 e. The van der Waals surface area contributed by atoms with Crippen LogP contribution in [0.1, 0.15) is 59.3 Å². The molecule has 0 N–H and O–H groups in total. The van der Waals surface area contributed by atoms with Crippen LogP contribution in [0.25, 0.3) is 0 Å². The fourth-order valence-corrected chi connectivity index (χ4v) is 4.01. The van der Waals surface area contributed by atoms with E-state index in [1.54, 1.807) is 19.3 Å². The molecule has 2 aliphatic carbocycles. The summed E-state index contributed by atoms with van der Waals surface area (Å²) < 4.78 is 0. The minimum atomic E-state index is 0.721. The summed E-state index contributed by atoms with van der Waals surface area (Å²) in [7, 11) is 0. The molecule has 2 fully saturated rings. The number of hydrogen-bond acceptors (Lipinski definition) is 0. The molecule has 0 nitrogen and oxygen atoms in total. The maximum atomic E-state index is 2.57. The number of rotatable bonds is 3. The van der Waals surface area contributed by atoms with Crippen LogP contribution in [0.5, 0.6) is 0 Å². The van der Waals surface area contributed by atoms with Gasteiger partial charge in [-0.05, 0) is 42.4 Å². The highest BCUT2D eigenvalue weighted by atomic mass is 14.5. The van der Waals surface area contributed by atoms with E-state index in [-0.39, 0.29) is 0 Å². The van der Waals surface area contributed by atoms with Gasteiger partial charge in [0.1, 0.15) is 0 Å². The highest BCUT2D eigenvalue weighted by Crippen LogP contribution is 2.59. The average Bonchev–Trinajstić information content (AvgIpc) is 2.64. The van der Waals surface area contributed by atoms with Gasteiger partial charge in [-0.3, -0.25) is 0 Å². The molecule has 13 heavy (non-hydrogen) atoms. The molecule has 0 aromatic heterocycles. The van der Waals surface area contributed by atoms with Gasteiger partial charge in [0.15, 0.2) is 0 Å². The summed E-state index contributed by atoms with van der Waals surface area (Å²) in [6.45, 7) is 7.38. The molecule has 0 aromatic carbocycles. The first-order valence-corrected chi connectivity index (χ1v) is 6.16. The van der Waals surface area contributed by atoms with Gasteiger partial charge in [-0.1, -0.05) is 40.0 Å². The molecule has 0 heterocycles. The lowest BCUT2D eigenvalue weighted by Gasteiger charge is -2.39. The van der Waals surface area contributed by atoms with Gasteiger partial charge >= 0.3 is 0 Å². The van der Waals surface area contributed by atoms with E-state index in [1.165, 1.54) is 19.3 Å². The van der Waals surface area contributed by atoms with Gasteiger partial charge < -0.3 is 0 Å². The molecular weight excluding hydrogens is 156 g/mol. The van der Waals surface area contributed by atoms with Crippen LogP contribution in [0.15, 0.2) is 0 Å². The van der Waals surface area contributed by atoms with Crippen molar-refractivity contribution in [2.45, 2.75) is 59.3 Å². The quantitative estimate of drug-likeness (QED) is 0.609. The van der Waals surface area contributed by atoms with Gasteiger partial charge in [0.25, 0.3) is 0 Å². The number of hydrogen-bond donors (Lipinski definition) is 0. The van der Waals surface area contributed by atoms with Crippen LogP contribution in [0.2, 0.25) is 0 Å². The summed E-state index contributed by atoms with van der Waals surface area (Å²) in [5, 5.41) is 0. The van der Waals surface area contributed by atoms with Crippen LogP contribution in [0, 0.1) is 23.2 Å². The zero-order valence-corrected chi connectivity index (χ0v) is 9.47. The summed E-state index contributed by atoms with van der Waals surface area (Å²) in [5.41, 5.74) is 0.721. The fraction of sp³-hybridized carbons (Fsp3) is 1.00. The lowest BCUT2D eigenvalue weighted by molar-refractivity contribution is 0.101. The van der Waals surface area contributed by atoms with Gasteiger partial charge in [-0.25, -0.2) is 0 Å². The molecular formula is C13H24. The Morgan fingerprint density at radius 3 is 2.62 bits per heavy atom. The van der Waals surface area contributed by atoms with E-state index in [4.69, 9.17) is 0 Å². The minimum Gasteiger partial charge on any atom is -0.0654 e. The first-order valence-electron chi connectivity index (χ1n) is 6.16. The predicted molar refractivity (Wildman–Crippen MR) is 57.6 cm³/mol. The van der Waals surface area contributed by atoms with E-state index in [9.17, 15) is 0 Å². The van der Waals surface area contributed by atoms with Crippen molar-refractivity contribution in [1.82, 2.24) is 0 Å². The second-order valence-corrected chi connectivity index (χ2v) is 5.78. The van der Waals surface area contributed by atoms with Crippen LogP contribution in [-0.4, -0.2) is 0 Å². The highest BCUT2D eigenvalue weighted by molar-refractivity contribution is 4.99. The molecule has 2 saturated carbocycles. The SMILES string of the molecule is CCCC(C)[C@@]1(C)CC2CCC1C2. The Morgan fingerprint density at radius 1 is 1.38 bits per heavy atom. The van der Waals surface area contributed by atoms with E-state index in [1.807, 2.05) is 0 Å². The average molecular weight is 180 g/mol. The van der Waals surface area contributed by atoms with Crippen molar-refractivity contribution in [1.29, 1.82) is 0 Å². The second-order valence-electron chi connectivity index (χ2n) is 5.78. The first kappa shape index (κ1) is 9.55.